The number of rotatable bonds is 6. The molecule has 0 bridgehead atoms. The highest BCUT2D eigenvalue weighted by molar-refractivity contribution is 5.49. The summed E-state index contributed by atoms with van der Waals surface area (Å²) < 4.78 is 0. The summed E-state index contributed by atoms with van der Waals surface area (Å²) in [4.78, 5) is 11.1. The third kappa shape index (κ3) is 2.72. The molecule has 0 aliphatic heterocycles. The van der Waals surface area contributed by atoms with E-state index >= 15 is 0 Å². The zero-order valence-corrected chi connectivity index (χ0v) is 10.9. The highest BCUT2D eigenvalue weighted by Crippen LogP contribution is 2.36. The van der Waals surface area contributed by atoms with E-state index in [0.717, 1.165) is 36.3 Å². The first-order valence-electron chi connectivity index (χ1n) is 6.81. The Labute approximate surface area is 108 Å². The van der Waals surface area contributed by atoms with E-state index < -0.39 is 0 Å². The number of hydrazine groups is 1. The molecule has 0 amide bonds. The van der Waals surface area contributed by atoms with E-state index in [-0.39, 0.29) is 0 Å². The topological polar surface area (TPSA) is 67.1 Å². The van der Waals surface area contributed by atoms with Crippen molar-refractivity contribution < 1.29 is 0 Å². The molecule has 2 aliphatic rings. The Morgan fingerprint density at radius 2 is 1.89 bits per heavy atom. The molecule has 0 saturated heterocycles. The minimum absolute atomic E-state index is 0.507. The van der Waals surface area contributed by atoms with Crippen molar-refractivity contribution in [3.05, 3.63) is 11.8 Å². The molecular weight excluding hydrogens is 226 g/mol. The van der Waals surface area contributed by atoms with Crippen molar-refractivity contribution in [2.45, 2.75) is 32.6 Å². The van der Waals surface area contributed by atoms with Gasteiger partial charge in [0.15, 0.2) is 0 Å². The predicted molar refractivity (Wildman–Crippen MR) is 72.2 cm³/mol. The fourth-order valence-corrected chi connectivity index (χ4v) is 2.29. The summed E-state index contributed by atoms with van der Waals surface area (Å²) in [5, 5.41) is 0. The number of nitrogens with one attached hydrogen (secondary N) is 1. The van der Waals surface area contributed by atoms with Gasteiger partial charge in [0.25, 0.3) is 0 Å². The summed E-state index contributed by atoms with van der Waals surface area (Å²) in [6.07, 6.45) is 7.32. The molecular formula is C13H21N5. The minimum Gasteiger partial charge on any atom is -0.356 e. The Bertz CT molecular complexity index is 411. The van der Waals surface area contributed by atoms with Crippen LogP contribution in [0.25, 0.3) is 0 Å². The first-order chi connectivity index (χ1) is 8.76. The SMILES string of the molecule is Cc1cnc(NN)nc1N(CC1CC1)CC1CC1. The zero-order valence-electron chi connectivity index (χ0n) is 10.9. The normalized spacial score (nSPS) is 18.8. The van der Waals surface area contributed by atoms with Crippen LogP contribution in [0.15, 0.2) is 6.20 Å². The van der Waals surface area contributed by atoms with Gasteiger partial charge in [0.2, 0.25) is 5.95 Å². The molecule has 1 aromatic heterocycles. The number of aromatic nitrogens is 2. The van der Waals surface area contributed by atoms with Crippen molar-refractivity contribution in [2.75, 3.05) is 23.4 Å². The number of nitrogens with zero attached hydrogens (tertiary/aromatic N) is 3. The van der Waals surface area contributed by atoms with Gasteiger partial charge in [-0.05, 0) is 44.4 Å². The van der Waals surface area contributed by atoms with Gasteiger partial charge in [-0.15, -0.1) is 0 Å². The van der Waals surface area contributed by atoms with Gasteiger partial charge in [-0.1, -0.05) is 0 Å². The minimum atomic E-state index is 0.507. The van der Waals surface area contributed by atoms with Crippen LogP contribution < -0.4 is 16.2 Å². The molecule has 1 aromatic rings. The third-order valence-corrected chi connectivity index (χ3v) is 3.72. The van der Waals surface area contributed by atoms with E-state index in [1.807, 2.05) is 6.20 Å². The van der Waals surface area contributed by atoms with Gasteiger partial charge in [0.05, 0.1) is 0 Å². The first-order valence-corrected chi connectivity index (χ1v) is 6.81. The van der Waals surface area contributed by atoms with E-state index in [4.69, 9.17) is 5.84 Å². The Kier molecular flexibility index (Phi) is 3.07. The molecule has 3 rings (SSSR count). The molecule has 5 nitrogen and oxygen atoms in total. The fourth-order valence-electron chi connectivity index (χ4n) is 2.29. The zero-order chi connectivity index (χ0) is 12.5. The summed E-state index contributed by atoms with van der Waals surface area (Å²) in [7, 11) is 0. The average molecular weight is 247 g/mol. The number of hydrogen-bond acceptors (Lipinski definition) is 5. The average Bonchev–Trinajstić information content (AvgIpc) is 3.24. The third-order valence-electron chi connectivity index (χ3n) is 3.72. The van der Waals surface area contributed by atoms with Gasteiger partial charge >= 0.3 is 0 Å². The van der Waals surface area contributed by atoms with Crippen LogP contribution in [0.1, 0.15) is 31.2 Å². The molecule has 1 heterocycles. The Hall–Kier alpha value is -1.36. The smallest absolute Gasteiger partial charge is 0.239 e. The highest BCUT2D eigenvalue weighted by Gasteiger charge is 2.30. The monoisotopic (exact) mass is 247 g/mol. The lowest BCUT2D eigenvalue weighted by molar-refractivity contribution is 0.669. The standard InChI is InChI=1S/C13H21N5/c1-9-6-15-13(17-14)16-12(9)18(7-10-2-3-10)8-11-4-5-11/h6,10-11H,2-5,7-8,14H2,1H3,(H,15,16,17). The predicted octanol–water partition coefficient (Wildman–Crippen LogP) is 1.70. The quantitative estimate of drug-likeness (QED) is 0.591. The maximum absolute atomic E-state index is 5.40. The Morgan fingerprint density at radius 3 is 2.39 bits per heavy atom. The van der Waals surface area contributed by atoms with Crippen LogP contribution in [-0.2, 0) is 0 Å². The molecule has 0 radical (unpaired) electrons. The second kappa shape index (κ2) is 4.72. The second-order valence-electron chi connectivity index (χ2n) is 5.64. The largest absolute Gasteiger partial charge is 0.356 e. The maximum atomic E-state index is 5.40. The van der Waals surface area contributed by atoms with Crippen LogP contribution in [0.4, 0.5) is 11.8 Å². The molecule has 5 heteroatoms. The van der Waals surface area contributed by atoms with Gasteiger partial charge in [-0.2, -0.15) is 4.98 Å². The molecule has 0 atom stereocenters. The van der Waals surface area contributed by atoms with Crippen molar-refractivity contribution in [2.24, 2.45) is 17.7 Å². The van der Waals surface area contributed by atoms with Crippen LogP contribution in [0, 0.1) is 18.8 Å². The van der Waals surface area contributed by atoms with Crippen molar-refractivity contribution in [1.29, 1.82) is 0 Å². The summed E-state index contributed by atoms with van der Waals surface area (Å²) in [6.45, 7) is 4.35. The number of aryl methyl sites for hydroxylation is 1. The van der Waals surface area contributed by atoms with Crippen LogP contribution in [0.3, 0.4) is 0 Å². The van der Waals surface area contributed by atoms with Crippen molar-refractivity contribution in [1.82, 2.24) is 9.97 Å². The lowest BCUT2D eigenvalue weighted by Crippen LogP contribution is -2.30. The molecule has 0 spiro atoms. The lowest BCUT2D eigenvalue weighted by atomic mass is 10.2. The van der Waals surface area contributed by atoms with E-state index in [0.29, 0.717) is 5.95 Å². The van der Waals surface area contributed by atoms with Gasteiger partial charge in [0, 0.05) is 24.8 Å². The number of nitrogens with two attached hydrogens (primary N) is 1. The molecule has 18 heavy (non-hydrogen) atoms. The molecule has 0 unspecified atom stereocenters. The molecule has 2 saturated carbocycles. The molecule has 2 fully saturated rings. The van der Waals surface area contributed by atoms with E-state index in [1.54, 1.807) is 0 Å². The van der Waals surface area contributed by atoms with E-state index in [1.165, 1.54) is 25.7 Å². The number of hydrogen-bond donors (Lipinski definition) is 2. The Balaban J connectivity index is 1.81. The van der Waals surface area contributed by atoms with Crippen LogP contribution in [0.5, 0.6) is 0 Å². The van der Waals surface area contributed by atoms with Gasteiger partial charge in [-0.3, -0.25) is 5.43 Å². The molecule has 3 N–H and O–H groups in total. The van der Waals surface area contributed by atoms with E-state index in [9.17, 15) is 0 Å². The first kappa shape index (κ1) is 11.7. The van der Waals surface area contributed by atoms with Crippen LogP contribution in [0.2, 0.25) is 0 Å². The van der Waals surface area contributed by atoms with Crippen LogP contribution in [-0.4, -0.2) is 23.1 Å². The van der Waals surface area contributed by atoms with Gasteiger partial charge in [-0.25, -0.2) is 10.8 Å². The molecule has 98 valence electrons. The molecule has 0 aromatic carbocycles. The number of nitrogen functional groups attached to an aromatic ring is 1. The summed E-state index contributed by atoms with van der Waals surface area (Å²) in [5.41, 5.74) is 3.67. The second-order valence-corrected chi connectivity index (χ2v) is 5.64. The fraction of sp³-hybridized carbons (Fsp3) is 0.692. The molecule has 2 aliphatic carbocycles. The van der Waals surface area contributed by atoms with Gasteiger partial charge < -0.3 is 4.90 Å². The maximum Gasteiger partial charge on any atom is 0.239 e. The van der Waals surface area contributed by atoms with Gasteiger partial charge in [0.1, 0.15) is 5.82 Å². The Morgan fingerprint density at radius 1 is 1.28 bits per heavy atom. The summed E-state index contributed by atoms with van der Waals surface area (Å²) in [5.74, 6) is 8.70. The van der Waals surface area contributed by atoms with Crippen molar-refractivity contribution in [3.63, 3.8) is 0 Å². The summed E-state index contributed by atoms with van der Waals surface area (Å²) in [6, 6.07) is 0. The highest BCUT2D eigenvalue weighted by atomic mass is 15.3. The lowest BCUT2D eigenvalue weighted by Gasteiger charge is -2.25. The summed E-state index contributed by atoms with van der Waals surface area (Å²) >= 11 is 0. The van der Waals surface area contributed by atoms with Crippen molar-refractivity contribution >= 4 is 11.8 Å². The van der Waals surface area contributed by atoms with Crippen molar-refractivity contribution in [3.8, 4) is 0 Å². The van der Waals surface area contributed by atoms with Crippen LogP contribution >= 0.6 is 0 Å². The van der Waals surface area contributed by atoms with E-state index in [2.05, 4.69) is 27.2 Å². The number of anilines is 2.